The molecular weight excluding hydrogens is 457 g/mol. The molecule has 31 heavy (non-hydrogen) atoms. The van der Waals surface area contributed by atoms with Gasteiger partial charge in [0.15, 0.2) is 16.5 Å². The number of rotatable bonds is 9. The first-order chi connectivity index (χ1) is 15.0. The molecule has 0 saturated heterocycles. The van der Waals surface area contributed by atoms with Gasteiger partial charge >= 0.3 is 0 Å². The van der Waals surface area contributed by atoms with Gasteiger partial charge in [-0.1, -0.05) is 71.8 Å². The summed E-state index contributed by atoms with van der Waals surface area (Å²) in [6.45, 7) is 2.95. The van der Waals surface area contributed by atoms with Crippen molar-refractivity contribution in [3.63, 3.8) is 0 Å². The Hall–Kier alpha value is -2.61. The number of hydrogen-bond donors (Lipinski definition) is 1. The molecule has 6 nitrogen and oxygen atoms in total. The standard InChI is InChI=1S/C22H21Cl2N3O3S/c1-3-9-30-19-16(23)10-15(12-18(19)29-2)11-17(24)21-26-27-22(31-21)20(28)25-13-14-7-5-4-6-8-14/h4-8,10-12H,3,9,13H2,1-2H3,(H,25,28)/b17-11-. The summed E-state index contributed by atoms with van der Waals surface area (Å²) < 4.78 is 11.1. The molecule has 0 aliphatic heterocycles. The summed E-state index contributed by atoms with van der Waals surface area (Å²) in [5.41, 5.74) is 1.71. The van der Waals surface area contributed by atoms with E-state index < -0.39 is 0 Å². The molecule has 3 aromatic rings. The van der Waals surface area contributed by atoms with Crippen LogP contribution in [-0.2, 0) is 6.54 Å². The minimum atomic E-state index is -0.306. The van der Waals surface area contributed by atoms with Crippen LogP contribution in [0, 0.1) is 0 Å². The topological polar surface area (TPSA) is 73.3 Å². The molecule has 0 fully saturated rings. The van der Waals surface area contributed by atoms with Crippen molar-refractivity contribution < 1.29 is 14.3 Å². The van der Waals surface area contributed by atoms with Gasteiger partial charge in [0, 0.05) is 6.54 Å². The zero-order valence-electron chi connectivity index (χ0n) is 17.0. The van der Waals surface area contributed by atoms with Crippen LogP contribution in [0.3, 0.4) is 0 Å². The van der Waals surface area contributed by atoms with Gasteiger partial charge in [0.25, 0.3) is 5.91 Å². The van der Waals surface area contributed by atoms with Gasteiger partial charge in [0.1, 0.15) is 0 Å². The highest BCUT2D eigenvalue weighted by Crippen LogP contribution is 2.38. The van der Waals surface area contributed by atoms with E-state index in [0.29, 0.717) is 45.3 Å². The minimum absolute atomic E-state index is 0.233. The number of nitrogens with zero attached hydrogens (tertiary/aromatic N) is 2. The summed E-state index contributed by atoms with van der Waals surface area (Å²) >= 11 is 13.9. The van der Waals surface area contributed by atoms with Crippen LogP contribution in [0.25, 0.3) is 11.1 Å². The molecule has 0 radical (unpaired) electrons. The normalized spacial score (nSPS) is 11.3. The fourth-order valence-electron chi connectivity index (χ4n) is 2.64. The van der Waals surface area contributed by atoms with Crippen LogP contribution >= 0.6 is 34.5 Å². The largest absolute Gasteiger partial charge is 0.493 e. The highest BCUT2D eigenvalue weighted by atomic mass is 35.5. The average Bonchev–Trinajstić information content (AvgIpc) is 3.28. The van der Waals surface area contributed by atoms with Crippen LogP contribution in [0.4, 0.5) is 0 Å². The maximum atomic E-state index is 12.4. The fourth-order valence-corrected chi connectivity index (χ4v) is 3.86. The lowest BCUT2D eigenvalue weighted by molar-refractivity contribution is 0.0950. The first-order valence-corrected chi connectivity index (χ1v) is 11.1. The molecule has 0 unspecified atom stereocenters. The monoisotopic (exact) mass is 477 g/mol. The Balaban J connectivity index is 1.73. The summed E-state index contributed by atoms with van der Waals surface area (Å²) in [4.78, 5) is 12.4. The smallest absolute Gasteiger partial charge is 0.282 e. The zero-order valence-corrected chi connectivity index (χ0v) is 19.4. The molecule has 162 valence electrons. The molecule has 3 rings (SSSR count). The van der Waals surface area contributed by atoms with E-state index in [1.165, 1.54) is 0 Å². The molecule has 1 aromatic heterocycles. The Kier molecular flexibility index (Phi) is 8.28. The Morgan fingerprint density at radius 2 is 1.94 bits per heavy atom. The van der Waals surface area contributed by atoms with E-state index in [1.54, 1.807) is 25.3 Å². The molecule has 1 N–H and O–H groups in total. The SMILES string of the molecule is CCCOc1c(Cl)cc(/C=C(\Cl)c2nnc(C(=O)NCc3ccccc3)s2)cc1OC. The van der Waals surface area contributed by atoms with Gasteiger partial charge in [-0.3, -0.25) is 4.79 Å². The van der Waals surface area contributed by atoms with E-state index in [1.807, 2.05) is 37.3 Å². The molecule has 0 bridgehead atoms. The van der Waals surface area contributed by atoms with Gasteiger partial charge in [0.2, 0.25) is 5.01 Å². The number of halogens is 2. The molecule has 9 heteroatoms. The van der Waals surface area contributed by atoms with Crippen molar-refractivity contribution in [2.45, 2.75) is 19.9 Å². The number of carbonyl (C=O) groups is 1. The van der Waals surface area contributed by atoms with Crippen LogP contribution < -0.4 is 14.8 Å². The summed E-state index contributed by atoms with van der Waals surface area (Å²) in [6, 6.07) is 13.1. The highest BCUT2D eigenvalue weighted by molar-refractivity contribution is 7.15. The maximum absolute atomic E-state index is 12.4. The van der Waals surface area contributed by atoms with Gasteiger partial charge in [-0.05, 0) is 35.8 Å². The van der Waals surface area contributed by atoms with Gasteiger partial charge < -0.3 is 14.8 Å². The summed E-state index contributed by atoms with van der Waals surface area (Å²) in [5.74, 6) is 0.696. The molecule has 0 spiro atoms. The predicted molar refractivity (Wildman–Crippen MR) is 125 cm³/mol. The molecule has 2 aromatic carbocycles. The molecular formula is C22H21Cl2N3O3S. The van der Waals surface area contributed by atoms with Gasteiger partial charge in [-0.25, -0.2) is 0 Å². The Bertz CT molecular complexity index is 1070. The second kappa shape index (κ2) is 11.1. The number of hydrogen-bond acceptors (Lipinski definition) is 6. The number of ether oxygens (including phenoxy) is 2. The van der Waals surface area contributed by atoms with Crippen LogP contribution in [-0.4, -0.2) is 29.8 Å². The van der Waals surface area contributed by atoms with Crippen molar-refractivity contribution in [2.24, 2.45) is 0 Å². The van der Waals surface area contributed by atoms with Crippen LogP contribution in [0.1, 0.15) is 39.3 Å². The molecule has 0 aliphatic rings. The zero-order chi connectivity index (χ0) is 22.2. The molecule has 1 heterocycles. The highest BCUT2D eigenvalue weighted by Gasteiger charge is 2.16. The van der Waals surface area contributed by atoms with Crippen molar-refractivity contribution in [3.05, 3.63) is 68.6 Å². The van der Waals surface area contributed by atoms with E-state index >= 15 is 0 Å². The van der Waals surface area contributed by atoms with Crippen molar-refractivity contribution in [1.82, 2.24) is 15.5 Å². The van der Waals surface area contributed by atoms with Crippen LogP contribution in [0.15, 0.2) is 42.5 Å². The first kappa shape index (κ1) is 23.1. The number of nitrogens with one attached hydrogen (secondary N) is 1. The van der Waals surface area contributed by atoms with Gasteiger partial charge in [-0.2, -0.15) is 0 Å². The van der Waals surface area contributed by atoms with Gasteiger partial charge in [-0.15, -0.1) is 10.2 Å². The van der Waals surface area contributed by atoms with E-state index in [9.17, 15) is 4.79 Å². The maximum Gasteiger partial charge on any atom is 0.282 e. The molecule has 0 aliphatic carbocycles. The van der Waals surface area contributed by atoms with E-state index in [-0.39, 0.29) is 10.9 Å². The second-order valence-corrected chi connectivity index (χ2v) is 8.25. The number of aromatic nitrogens is 2. The lowest BCUT2D eigenvalue weighted by Gasteiger charge is -2.12. The first-order valence-electron chi connectivity index (χ1n) is 9.55. The summed E-state index contributed by atoms with van der Waals surface area (Å²) in [6.07, 6.45) is 2.54. The third-order valence-electron chi connectivity index (χ3n) is 4.12. The fraction of sp³-hybridized carbons (Fsp3) is 0.227. The third kappa shape index (κ3) is 6.19. The average molecular weight is 478 g/mol. The van der Waals surface area contributed by atoms with Crippen molar-refractivity contribution in [2.75, 3.05) is 13.7 Å². The van der Waals surface area contributed by atoms with E-state index in [0.717, 1.165) is 23.3 Å². The van der Waals surface area contributed by atoms with Crippen molar-refractivity contribution in [3.8, 4) is 11.5 Å². The Morgan fingerprint density at radius 1 is 1.19 bits per heavy atom. The van der Waals surface area contributed by atoms with Crippen molar-refractivity contribution in [1.29, 1.82) is 0 Å². The van der Waals surface area contributed by atoms with Gasteiger partial charge in [0.05, 0.1) is 23.8 Å². The number of carbonyl (C=O) groups excluding carboxylic acids is 1. The molecule has 0 saturated carbocycles. The number of methoxy groups -OCH3 is 1. The van der Waals surface area contributed by atoms with Crippen LogP contribution in [0.5, 0.6) is 11.5 Å². The van der Waals surface area contributed by atoms with E-state index in [2.05, 4.69) is 15.5 Å². The Morgan fingerprint density at radius 3 is 2.65 bits per heavy atom. The molecule has 0 atom stereocenters. The number of amides is 1. The lowest BCUT2D eigenvalue weighted by Crippen LogP contribution is -2.22. The minimum Gasteiger partial charge on any atom is -0.493 e. The van der Waals surface area contributed by atoms with Crippen molar-refractivity contribution >= 4 is 51.6 Å². The predicted octanol–water partition coefficient (Wildman–Crippen LogP) is 5.66. The Labute approximate surface area is 194 Å². The van der Waals surface area contributed by atoms with Crippen LogP contribution in [0.2, 0.25) is 5.02 Å². The molecule has 1 amide bonds. The summed E-state index contributed by atoms with van der Waals surface area (Å²) in [7, 11) is 1.55. The lowest BCUT2D eigenvalue weighted by atomic mass is 10.2. The van der Waals surface area contributed by atoms with E-state index in [4.69, 9.17) is 32.7 Å². The third-order valence-corrected chi connectivity index (χ3v) is 5.75. The quantitative estimate of drug-likeness (QED) is 0.430. The number of benzene rings is 2. The second-order valence-electron chi connectivity index (χ2n) is 6.46. The summed E-state index contributed by atoms with van der Waals surface area (Å²) in [5, 5.41) is 12.2.